The molecule has 2 N–H and O–H groups in total. The van der Waals surface area contributed by atoms with Crippen LogP contribution >= 0.6 is 0 Å². The van der Waals surface area contributed by atoms with Gasteiger partial charge in [-0.15, -0.1) is 0 Å². The second-order valence-corrected chi connectivity index (χ2v) is 8.10. The van der Waals surface area contributed by atoms with Crippen molar-refractivity contribution in [2.45, 2.75) is 6.92 Å². The van der Waals surface area contributed by atoms with Gasteiger partial charge in [0.25, 0.3) is 0 Å². The van der Waals surface area contributed by atoms with Crippen LogP contribution in [0.4, 0.5) is 0 Å². The molecule has 1 saturated heterocycles. The molecule has 0 radical (unpaired) electrons. The maximum atomic E-state index is 8.16. The van der Waals surface area contributed by atoms with E-state index in [1.807, 2.05) is 48.8 Å². The number of aromatic nitrogens is 1. The monoisotopic (exact) mass is 430 g/mol. The minimum Gasteiger partial charge on any atom is -0.492 e. The fourth-order valence-electron chi connectivity index (χ4n) is 3.81. The first-order valence-electron chi connectivity index (χ1n) is 11.0. The Morgan fingerprint density at radius 2 is 1.78 bits per heavy atom. The van der Waals surface area contributed by atoms with Gasteiger partial charge in [0.2, 0.25) is 0 Å². The van der Waals surface area contributed by atoms with Crippen LogP contribution in [0.25, 0.3) is 11.1 Å². The van der Waals surface area contributed by atoms with E-state index in [2.05, 4.69) is 32.1 Å². The van der Waals surface area contributed by atoms with Gasteiger partial charge in [-0.25, -0.2) is 4.99 Å². The molecule has 3 heterocycles. The second-order valence-electron chi connectivity index (χ2n) is 8.10. The summed E-state index contributed by atoms with van der Waals surface area (Å²) in [6, 6.07) is 11.9. The molecule has 1 fully saturated rings. The van der Waals surface area contributed by atoms with E-state index in [-0.39, 0.29) is 0 Å². The van der Waals surface area contributed by atoms with E-state index >= 15 is 0 Å². The summed E-state index contributed by atoms with van der Waals surface area (Å²) < 4.78 is 5.94. The van der Waals surface area contributed by atoms with E-state index in [9.17, 15) is 0 Å². The maximum absolute atomic E-state index is 8.16. The molecule has 2 aliphatic heterocycles. The van der Waals surface area contributed by atoms with E-state index in [0.29, 0.717) is 18.1 Å². The van der Waals surface area contributed by atoms with Crippen LogP contribution in [-0.4, -0.2) is 73.1 Å². The van der Waals surface area contributed by atoms with Crippen molar-refractivity contribution in [3.05, 3.63) is 71.9 Å². The molecule has 2 aliphatic rings. The molecule has 0 aliphatic carbocycles. The van der Waals surface area contributed by atoms with Crippen molar-refractivity contribution in [1.82, 2.24) is 20.1 Å². The fourth-order valence-corrected chi connectivity index (χ4v) is 3.81. The van der Waals surface area contributed by atoms with Crippen molar-refractivity contribution in [2.24, 2.45) is 4.99 Å². The molecule has 2 aromatic rings. The number of benzene rings is 1. The molecule has 0 amide bonds. The molecular formula is C25H30N6O. The number of ether oxygens (including phenoxy) is 1. The van der Waals surface area contributed by atoms with Gasteiger partial charge >= 0.3 is 0 Å². The first-order valence-corrected chi connectivity index (χ1v) is 11.0. The molecule has 0 atom stereocenters. The van der Waals surface area contributed by atoms with Crippen LogP contribution in [0.15, 0.2) is 65.8 Å². The number of nitrogens with zero attached hydrogens (tertiary/aromatic N) is 4. The Hall–Kier alpha value is -3.29. The SMILES string of the molecule is CC(=N)/C(=C1/N=CC(c2ccc(OCCN3CCN(C)CC3)cc2)=CN1)c1ccncc1. The summed E-state index contributed by atoms with van der Waals surface area (Å²) in [7, 11) is 2.17. The Bertz CT molecular complexity index is 1020. The molecule has 4 rings (SSSR count). The van der Waals surface area contributed by atoms with Crippen LogP contribution in [0.2, 0.25) is 0 Å². The summed E-state index contributed by atoms with van der Waals surface area (Å²) in [5.41, 5.74) is 4.18. The van der Waals surface area contributed by atoms with E-state index in [1.165, 1.54) is 0 Å². The van der Waals surface area contributed by atoms with E-state index < -0.39 is 0 Å². The van der Waals surface area contributed by atoms with Crippen LogP contribution in [0, 0.1) is 5.41 Å². The zero-order chi connectivity index (χ0) is 22.3. The van der Waals surface area contributed by atoms with Crippen LogP contribution in [0.3, 0.4) is 0 Å². The minimum absolute atomic E-state index is 0.450. The number of piperazine rings is 1. The molecule has 0 unspecified atom stereocenters. The molecule has 1 aromatic heterocycles. The number of rotatable bonds is 7. The molecule has 0 spiro atoms. The molecule has 166 valence electrons. The largest absolute Gasteiger partial charge is 0.492 e. The third-order valence-corrected chi connectivity index (χ3v) is 5.74. The Kier molecular flexibility index (Phi) is 7.09. The zero-order valence-corrected chi connectivity index (χ0v) is 18.7. The van der Waals surface area contributed by atoms with Crippen LogP contribution in [0.1, 0.15) is 18.1 Å². The summed E-state index contributed by atoms with van der Waals surface area (Å²) in [5.74, 6) is 1.54. The van der Waals surface area contributed by atoms with Gasteiger partial charge in [0.1, 0.15) is 18.2 Å². The van der Waals surface area contributed by atoms with Crippen molar-refractivity contribution in [3.8, 4) is 5.75 Å². The van der Waals surface area contributed by atoms with Gasteiger partial charge in [-0.2, -0.15) is 0 Å². The van der Waals surface area contributed by atoms with Gasteiger partial charge in [-0.3, -0.25) is 9.88 Å². The van der Waals surface area contributed by atoms with Gasteiger partial charge in [0.05, 0.1) is 0 Å². The average molecular weight is 431 g/mol. The smallest absolute Gasteiger partial charge is 0.139 e. The molecule has 0 bridgehead atoms. The predicted molar refractivity (Wildman–Crippen MR) is 130 cm³/mol. The lowest BCUT2D eigenvalue weighted by Gasteiger charge is -2.32. The van der Waals surface area contributed by atoms with Crippen molar-refractivity contribution >= 4 is 23.1 Å². The fraction of sp³-hybridized carbons (Fsp3) is 0.320. The summed E-state index contributed by atoms with van der Waals surface area (Å²) in [4.78, 5) is 13.5. The quantitative estimate of drug-likeness (QED) is 0.660. The molecule has 1 aromatic carbocycles. The highest BCUT2D eigenvalue weighted by Crippen LogP contribution is 2.24. The predicted octanol–water partition coefficient (Wildman–Crippen LogP) is 3.13. The summed E-state index contributed by atoms with van der Waals surface area (Å²) in [5, 5.41) is 11.4. The zero-order valence-electron chi connectivity index (χ0n) is 18.7. The number of likely N-dealkylation sites (N-methyl/N-ethyl adjacent to an activating group) is 1. The molecule has 7 nitrogen and oxygen atoms in total. The van der Waals surface area contributed by atoms with Gasteiger partial charge in [0.15, 0.2) is 0 Å². The lowest BCUT2D eigenvalue weighted by molar-refractivity contribution is 0.134. The van der Waals surface area contributed by atoms with Crippen molar-refractivity contribution in [2.75, 3.05) is 46.4 Å². The summed E-state index contributed by atoms with van der Waals surface area (Å²) in [6.45, 7) is 7.88. The average Bonchev–Trinajstić information content (AvgIpc) is 2.82. The maximum Gasteiger partial charge on any atom is 0.139 e. The second kappa shape index (κ2) is 10.3. The topological polar surface area (TPSA) is 76.8 Å². The van der Waals surface area contributed by atoms with E-state index in [1.54, 1.807) is 19.3 Å². The van der Waals surface area contributed by atoms with Gasteiger partial charge in [-0.05, 0) is 49.4 Å². The number of hydrogen-bond donors (Lipinski definition) is 2. The Morgan fingerprint density at radius 3 is 2.41 bits per heavy atom. The normalized spacial score (nSPS) is 18.6. The molecule has 0 saturated carbocycles. The third-order valence-electron chi connectivity index (χ3n) is 5.74. The number of aliphatic imine (C=N–C) groups is 1. The lowest BCUT2D eigenvalue weighted by Crippen LogP contribution is -2.45. The Morgan fingerprint density at radius 1 is 1.06 bits per heavy atom. The lowest BCUT2D eigenvalue weighted by atomic mass is 10.0. The highest BCUT2D eigenvalue weighted by atomic mass is 16.5. The van der Waals surface area contributed by atoms with Crippen LogP contribution in [0.5, 0.6) is 5.75 Å². The molecular weight excluding hydrogens is 400 g/mol. The molecule has 32 heavy (non-hydrogen) atoms. The third kappa shape index (κ3) is 5.49. The highest BCUT2D eigenvalue weighted by Gasteiger charge is 2.15. The summed E-state index contributed by atoms with van der Waals surface area (Å²) >= 11 is 0. The standard InChI is InChI=1S/C25H30N6O/c1-19(26)24(21-7-9-27-10-8-21)25-28-17-22(18-29-25)20-3-5-23(6-4-20)32-16-15-31-13-11-30(2)12-14-31/h3-10,17-18,26,28H,11-16H2,1-2H3/b25-24-,26-19?. The number of pyridine rings is 1. The Labute approximate surface area is 189 Å². The van der Waals surface area contributed by atoms with Gasteiger partial charge < -0.3 is 20.4 Å². The van der Waals surface area contributed by atoms with Crippen molar-refractivity contribution in [3.63, 3.8) is 0 Å². The summed E-state index contributed by atoms with van der Waals surface area (Å²) in [6.07, 6.45) is 7.21. The minimum atomic E-state index is 0.450. The van der Waals surface area contributed by atoms with E-state index in [4.69, 9.17) is 10.1 Å². The first-order chi connectivity index (χ1) is 15.6. The Balaban J connectivity index is 1.35. The van der Waals surface area contributed by atoms with Crippen molar-refractivity contribution in [1.29, 1.82) is 5.41 Å². The molecule has 7 heteroatoms. The van der Waals surface area contributed by atoms with Gasteiger partial charge in [-0.1, -0.05) is 12.1 Å². The van der Waals surface area contributed by atoms with E-state index in [0.717, 1.165) is 60.7 Å². The van der Waals surface area contributed by atoms with Crippen LogP contribution < -0.4 is 10.1 Å². The number of allylic oxidation sites excluding steroid dienone is 2. The van der Waals surface area contributed by atoms with Crippen LogP contribution in [-0.2, 0) is 0 Å². The van der Waals surface area contributed by atoms with Crippen molar-refractivity contribution < 1.29 is 4.74 Å². The number of hydrogen-bond acceptors (Lipinski definition) is 7. The van der Waals surface area contributed by atoms with Gasteiger partial charge in [0, 0.05) is 74.4 Å². The first kappa shape index (κ1) is 21.9. The number of nitrogens with one attached hydrogen (secondary N) is 2. The highest BCUT2D eigenvalue weighted by molar-refractivity contribution is 6.22.